The third kappa shape index (κ3) is 4.90. The maximum Gasteiger partial charge on any atom is 0.416 e. The van der Waals surface area contributed by atoms with Gasteiger partial charge in [0, 0.05) is 15.6 Å². The number of hydrogen-bond donors (Lipinski definition) is 1. The summed E-state index contributed by atoms with van der Waals surface area (Å²) >= 11 is 12.4. The first-order chi connectivity index (χ1) is 16.1. The van der Waals surface area contributed by atoms with E-state index in [1.165, 1.54) is 28.3 Å². The third-order valence-corrected chi connectivity index (χ3v) is 6.23. The van der Waals surface area contributed by atoms with Crippen LogP contribution in [-0.4, -0.2) is 49.1 Å². The average molecular weight is 515 g/mol. The lowest BCUT2D eigenvalue weighted by Gasteiger charge is -2.47. The van der Waals surface area contributed by atoms with E-state index in [-0.39, 0.29) is 17.1 Å². The summed E-state index contributed by atoms with van der Waals surface area (Å²) in [6.45, 7) is 1.89. The Hall–Kier alpha value is -2.66. The average Bonchev–Trinajstić information content (AvgIpc) is 3.29. The van der Waals surface area contributed by atoms with Crippen LogP contribution in [0.15, 0.2) is 55.1 Å². The number of aliphatic hydroxyl groups excluding tert-OH is 1. The maximum absolute atomic E-state index is 13.6. The summed E-state index contributed by atoms with van der Waals surface area (Å²) < 4.78 is 46.3. The molecule has 1 aromatic heterocycles. The molecule has 1 aliphatic heterocycles. The Morgan fingerprint density at radius 3 is 2.47 bits per heavy atom. The van der Waals surface area contributed by atoms with Crippen LogP contribution >= 0.6 is 23.2 Å². The van der Waals surface area contributed by atoms with Crippen LogP contribution in [0.5, 0.6) is 0 Å². The molecule has 2 heterocycles. The lowest BCUT2D eigenvalue weighted by atomic mass is 9.96. The van der Waals surface area contributed by atoms with Crippen molar-refractivity contribution >= 4 is 29.1 Å². The first kappa shape index (κ1) is 24.5. The molecule has 180 valence electrons. The molecule has 4 unspecified atom stereocenters. The summed E-state index contributed by atoms with van der Waals surface area (Å²) in [5.74, 6) is -0.594. The molecule has 1 N–H and O–H groups in total. The van der Waals surface area contributed by atoms with Gasteiger partial charge in [-0.3, -0.25) is 9.48 Å². The molecule has 3 aromatic rings. The molecule has 12 heteroatoms. The Bertz CT molecular complexity index is 1160. The molecule has 4 rings (SSSR count). The van der Waals surface area contributed by atoms with Gasteiger partial charge in [-0.25, -0.2) is 4.98 Å². The normalized spacial score (nSPS) is 23.2. The molecule has 4 atom stereocenters. The minimum absolute atomic E-state index is 0.0172. The molecule has 0 spiro atoms. The monoisotopic (exact) mass is 514 g/mol. The number of alkyl halides is 3. The second-order valence-electron chi connectivity index (χ2n) is 7.82. The van der Waals surface area contributed by atoms with Gasteiger partial charge in [-0.15, -0.1) is 0 Å². The molecule has 1 fully saturated rings. The van der Waals surface area contributed by atoms with Gasteiger partial charge in [-0.2, -0.15) is 18.3 Å². The highest BCUT2D eigenvalue weighted by Crippen LogP contribution is 2.39. The largest absolute Gasteiger partial charge is 0.416 e. The predicted octanol–water partition coefficient (Wildman–Crippen LogP) is 4.59. The molecule has 34 heavy (non-hydrogen) atoms. The molecule has 2 aromatic carbocycles. The van der Waals surface area contributed by atoms with Crippen LogP contribution in [0, 0.1) is 0 Å². The number of carbonyl (C=O) groups is 1. The van der Waals surface area contributed by atoms with Crippen LogP contribution in [0.25, 0.3) is 0 Å². The minimum Gasteiger partial charge on any atom is -0.366 e. The summed E-state index contributed by atoms with van der Waals surface area (Å²) in [4.78, 5) is 18.8. The number of rotatable bonds is 4. The van der Waals surface area contributed by atoms with Crippen molar-refractivity contribution in [2.75, 3.05) is 0 Å². The Morgan fingerprint density at radius 2 is 1.88 bits per heavy atom. The Balaban J connectivity index is 1.73. The van der Waals surface area contributed by atoms with Gasteiger partial charge >= 0.3 is 6.18 Å². The van der Waals surface area contributed by atoms with Gasteiger partial charge in [0.2, 0.25) is 0 Å². The zero-order valence-corrected chi connectivity index (χ0v) is 19.2. The second kappa shape index (κ2) is 9.53. The van der Waals surface area contributed by atoms with Gasteiger partial charge in [0.05, 0.1) is 18.2 Å². The van der Waals surface area contributed by atoms with Crippen LogP contribution in [0.1, 0.15) is 34.5 Å². The van der Waals surface area contributed by atoms with Crippen molar-refractivity contribution in [1.29, 1.82) is 0 Å². The summed E-state index contributed by atoms with van der Waals surface area (Å²) in [5.41, 5.74) is -0.478. The highest BCUT2D eigenvalue weighted by atomic mass is 35.5. The van der Waals surface area contributed by atoms with Crippen molar-refractivity contribution < 1.29 is 27.8 Å². The molecule has 7 nitrogen and oxygen atoms in total. The van der Waals surface area contributed by atoms with Crippen molar-refractivity contribution in [2.45, 2.75) is 44.1 Å². The Morgan fingerprint density at radius 1 is 1.18 bits per heavy atom. The number of aliphatic hydroxyl groups is 1. The number of ether oxygens (including phenoxy) is 1. The van der Waals surface area contributed by atoms with E-state index in [1.54, 1.807) is 19.1 Å². The fraction of sp³-hybridized carbons (Fsp3) is 0.318. The van der Waals surface area contributed by atoms with Crippen molar-refractivity contribution in [1.82, 2.24) is 19.7 Å². The van der Waals surface area contributed by atoms with Gasteiger partial charge in [0.15, 0.2) is 6.29 Å². The van der Waals surface area contributed by atoms with E-state index in [0.717, 1.165) is 24.3 Å². The lowest BCUT2D eigenvalue weighted by Crippen LogP contribution is -2.58. The van der Waals surface area contributed by atoms with E-state index in [9.17, 15) is 23.1 Å². The number of hydrogen-bond acceptors (Lipinski definition) is 5. The molecular formula is C22H19Cl2F3N4O3. The maximum atomic E-state index is 13.6. The van der Waals surface area contributed by atoms with Crippen molar-refractivity contribution in [3.05, 3.63) is 81.9 Å². The van der Waals surface area contributed by atoms with Crippen LogP contribution in [0.3, 0.4) is 0 Å². The van der Waals surface area contributed by atoms with Crippen LogP contribution < -0.4 is 0 Å². The van der Waals surface area contributed by atoms with E-state index in [2.05, 4.69) is 10.1 Å². The van der Waals surface area contributed by atoms with Crippen molar-refractivity contribution in [3.63, 3.8) is 0 Å². The lowest BCUT2D eigenvalue weighted by molar-refractivity contribution is -0.226. The Labute approximate surface area is 202 Å². The highest BCUT2D eigenvalue weighted by Gasteiger charge is 2.45. The number of nitrogens with zero attached hydrogens (tertiary/aromatic N) is 4. The van der Waals surface area contributed by atoms with E-state index in [0.29, 0.717) is 10.6 Å². The van der Waals surface area contributed by atoms with E-state index >= 15 is 0 Å². The van der Waals surface area contributed by atoms with E-state index in [4.69, 9.17) is 27.9 Å². The number of morpholine rings is 1. The third-order valence-electron chi connectivity index (χ3n) is 5.67. The molecule has 1 amide bonds. The number of halogens is 5. The molecular weight excluding hydrogens is 496 g/mol. The summed E-state index contributed by atoms with van der Waals surface area (Å²) in [6, 6.07) is 6.82. The van der Waals surface area contributed by atoms with Gasteiger partial charge < -0.3 is 14.7 Å². The zero-order valence-electron chi connectivity index (χ0n) is 17.7. The van der Waals surface area contributed by atoms with Crippen molar-refractivity contribution in [3.8, 4) is 0 Å². The van der Waals surface area contributed by atoms with Gasteiger partial charge in [0.1, 0.15) is 24.8 Å². The molecule has 0 radical (unpaired) electrons. The zero-order chi connectivity index (χ0) is 24.6. The van der Waals surface area contributed by atoms with Crippen LogP contribution in [-0.2, 0) is 17.5 Å². The SMILES string of the molecule is CC1C(Cn2cncn2)OC(O)C(c2ccc(Cl)cc2Cl)N1C(=O)c1ccc(C(F)(F)F)cc1. The molecule has 0 aliphatic carbocycles. The smallest absolute Gasteiger partial charge is 0.366 e. The molecule has 0 bridgehead atoms. The summed E-state index contributed by atoms with van der Waals surface area (Å²) in [7, 11) is 0. The Kier molecular flexibility index (Phi) is 6.86. The fourth-order valence-electron chi connectivity index (χ4n) is 3.95. The minimum atomic E-state index is -4.54. The van der Waals surface area contributed by atoms with Crippen LogP contribution in [0.4, 0.5) is 13.2 Å². The summed E-state index contributed by atoms with van der Waals surface area (Å²) in [6.07, 6.45) is -3.91. The quantitative estimate of drug-likeness (QED) is 0.550. The number of amides is 1. The van der Waals surface area contributed by atoms with E-state index < -0.39 is 42.1 Å². The van der Waals surface area contributed by atoms with Gasteiger partial charge in [0.25, 0.3) is 5.91 Å². The fourth-order valence-corrected chi connectivity index (χ4v) is 4.47. The number of carbonyl (C=O) groups excluding carboxylic acids is 1. The van der Waals surface area contributed by atoms with E-state index in [1.807, 2.05) is 0 Å². The first-order valence-corrected chi connectivity index (χ1v) is 10.9. The first-order valence-electron chi connectivity index (χ1n) is 10.2. The number of aromatic nitrogens is 3. The molecule has 1 saturated heterocycles. The topological polar surface area (TPSA) is 80.5 Å². The summed E-state index contributed by atoms with van der Waals surface area (Å²) in [5, 5.41) is 15.5. The van der Waals surface area contributed by atoms with Gasteiger partial charge in [-0.1, -0.05) is 29.3 Å². The second-order valence-corrected chi connectivity index (χ2v) is 8.67. The standard InChI is InChI=1S/C22H19Cl2F3N4O3/c1-12-18(9-30-11-28-10-29-30)34-21(33)19(16-7-6-15(23)8-17(16)24)31(12)20(32)13-2-4-14(5-3-13)22(25,26)27/h2-8,10-12,18-19,21,33H,9H2,1H3. The number of benzene rings is 2. The molecule has 1 aliphatic rings. The molecule has 0 saturated carbocycles. The highest BCUT2D eigenvalue weighted by molar-refractivity contribution is 6.35. The van der Waals surface area contributed by atoms with Crippen molar-refractivity contribution in [2.24, 2.45) is 0 Å². The van der Waals surface area contributed by atoms with Crippen LogP contribution in [0.2, 0.25) is 10.0 Å². The van der Waals surface area contributed by atoms with Gasteiger partial charge in [-0.05, 0) is 48.9 Å². The predicted molar refractivity (Wildman–Crippen MR) is 117 cm³/mol.